The van der Waals surface area contributed by atoms with Crippen molar-refractivity contribution in [3.63, 3.8) is 0 Å². The van der Waals surface area contributed by atoms with Crippen LogP contribution in [0.3, 0.4) is 0 Å². The summed E-state index contributed by atoms with van der Waals surface area (Å²) in [5.41, 5.74) is 4.88. The van der Waals surface area contributed by atoms with Crippen molar-refractivity contribution in [2.75, 3.05) is 26.1 Å². The van der Waals surface area contributed by atoms with E-state index in [1.165, 1.54) is 42.0 Å². The summed E-state index contributed by atoms with van der Waals surface area (Å²) >= 11 is 0. The smallest absolute Gasteiger partial charge is 0.262 e. The molecule has 2 aromatic carbocycles. The third-order valence-electron chi connectivity index (χ3n) is 5.44. The van der Waals surface area contributed by atoms with Gasteiger partial charge in [-0.1, -0.05) is 12.1 Å². The zero-order valence-corrected chi connectivity index (χ0v) is 18.4. The number of anilines is 1. The molecule has 5 heteroatoms. The minimum Gasteiger partial charge on any atom is -1.00 e. The van der Waals surface area contributed by atoms with E-state index in [9.17, 15) is 0 Å². The second kappa shape index (κ2) is 8.82. The van der Waals surface area contributed by atoms with Crippen molar-refractivity contribution in [3.8, 4) is 22.7 Å². The molecule has 4 nitrogen and oxygen atoms in total. The van der Waals surface area contributed by atoms with E-state index in [-0.39, 0.29) is 17.0 Å². The number of methoxy groups -OCH3 is 1. The summed E-state index contributed by atoms with van der Waals surface area (Å²) < 4.78 is 10.5. The lowest BCUT2D eigenvalue weighted by Gasteiger charge is -2.12. The van der Waals surface area contributed by atoms with Crippen molar-refractivity contribution in [3.05, 3.63) is 60.6 Å². The standard InChI is InChI=1S/C23H28N3O.BrH/c1-24(2)19-14-12-18(13-15-19)21-17-26(20-9-6-7-10-22(20)27-3)23-11-5-4-8-16-25(21)23;/h6-7,9-10,12-15,17H,4-5,8,11,16H2,1-3H3;1H/q+1;/p-1. The second-order valence-corrected chi connectivity index (χ2v) is 7.38. The molecule has 2 heterocycles. The molecule has 0 radical (unpaired) electrons. The van der Waals surface area contributed by atoms with Gasteiger partial charge < -0.3 is 26.6 Å². The van der Waals surface area contributed by atoms with Gasteiger partial charge in [-0.2, -0.15) is 4.57 Å². The van der Waals surface area contributed by atoms with Crippen LogP contribution in [-0.2, 0) is 13.0 Å². The van der Waals surface area contributed by atoms with Crippen LogP contribution in [0.25, 0.3) is 16.9 Å². The van der Waals surface area contributed by atoms with Crippen LogP contribution in [0, 0.1) is 0 Å². The quantitative estimate of drug-likeness (QED) is 0.568. The van der Waals surface area contributed by atoms with Crippen LogP contribution in [0.15, 0.2) is 54.7 Å². The Balaban J connectivity index is 0.00000225. The van der Waals surface area contributed by atoms with Gasteiger partial charge in [0.25, 0.3) is 5.82 Å². The van der Waals surface area contributed by atoms with Gasteiger partial charge in [-0.05, 0) is 55.7 Å². The average Bonchev–Trinajstić information content (AvgIpc) is 2.88. The molecular weight excluding hydrogens is 414 g/mol. The highest BCUT2D eigenvalue weighted by atomic mass is 79.9. The molecule has 0 saturated carbocycles. The summed E-state index contributed by atoms with van der Waals surface area (Å²) in [6, 6.07) is 17.1. The number of ether oxygens (including phenoxy) is 1. The minimum atomic E-state index is 0. The van der Waals surface area contributed by atoms with Crippen LogP contribution in [0.4, 0.5) is 5.69 Å². The molecule has 0 N–H and O–H groups in total. The van der Waals surface area contributed by atoms with Crippen molar-refractivity contribution < 1.29 is 26.3 Å². The zero-order valence-electron chi connectivity index (χ0n) is 16.9. The fraction of sp³-hybridized carbons (Fsp3) is 0.348. The lowest BCUT2D eigenvalue weighted by molar-refractivity contribution is -0.604. The number of fused-ring (bicyclic) bond motifs is 1. The highest BCUT2D eigenvalue weighted by Gasteiger charge is 2.28. The molecule has 0 aliphatic carbocycles. The van der Waals surface area contributed by atoms with Crippen molar-refractivity contribution >= 4 is 5.69 Å². The van der Waals surface area contributed by atoms with Crippen LogP contribution < -0.4 is 31.2 Å². The van der Waals surface area contributed by atoms with Crippen LogP contribution >= 0.6 is 0 Å². The number of hydrogen-bond donors (Lipinski definition) is 0. The van der Waals surface area contributed by atoms with Gasteiger partial charge in [0.2, 0.25) is 0 Å². The Morgan fingerprint density at radius 2 is 1.71 bits per heavy atom. The van der Waals surface area contributed by atoms with Gasteiger partial charge in [0, 0.05) is 31.8 Å². The first-order valence-corrected chi connectivity index (χ1v) is 9.74. The molecule has 148 valence electrons. The van der Waals surface area contributed by atoms with Crippen LogP contribution in [0.5, 0.6) is 5.75 Å². The molecule has 0 atom stereocenters. The Morgan fingerprint density at radius 3 is 2.43 bits per heavy atom. The normalized spacial score (nSPS) is 13.2. The first-order chi connectivity index (χ1) is 13.2. The van der Waals surface area contributed by atoms with E-state index >= 15 is 0 Å². The topological polar surface area (TPSA) is 21.3 Å². The number of para-hydroxylation sites is 2. The van der Waals surface area contributed by atoms with E-state index < -0.39 is 0 Å². The largest absolute Gasteiger partial charge is 1.00 e. The molecule has 1 aliphatic heterocycles. The Kier molecular flexibility index (Phi) is 6.45. The Bertz CT molecular complexity index is 932. The summed E-state index contributed by atoms with van der Waals surface area (Å²) in [5, 5.41) is 0. The van der Waals surface area contributed by atoms with Gasteiger partial charge in [-0.3, -0.25) is 0 Å². The van der Waals surface area contributed by atoms with E-state index in [1.54, 1.807) is 7.11 Å². The number of rotatable bonds is 4. The molecule has 0 unspecified atom stereocenters. The maximum absolute atomic E-state index is 5.64. The van der Waals surface area contributed by atoms with Gasteiger partial charge in [-0.25, -0.2) is 4.57 Å². The third-order valence-corrected chi connectivity index (χ3v) is 5.44. The van der Waals surface area contributed by atoms with Gasteiger partial charge in [0.15, 0.2) is 17.1 Å². The summed E-state index contributed by atoms with van der Waals surface area (Å²) in [4.78, 5) is 2.14. The maximum Gasteiger partial charge on any atom is 0.262 e. The number of imidazole rings is 1. The van der Waals surface area contributed by atoms with Crippen LogP contribution in [0.1, 0.15) is 25.1 Å². The van der Waals surface area contributed by atoms with Crippen molar-refractivity contribution in [1.29, 1.82) is 0 Å². The zero-order chi connectivity index (χ0) is 18.8. The number of nitrogens with zero attached hydrogens (tertiary/aromatic N) is 3. The molecule has 0 spiro atoms. The SMILES string of the molecule is COc1ccccc1-[n+]1cc(-c2ccc(N(C)C)cc2)n2c1CCCCC2.[Br-]. The number of aromatic nitrogens is 2. The van der Waals surface area contributed by atoms with Crippen molar-refractivity contribution in [1.82, 2.24) is 4.57 Å². The number of hydrogen-bond acceptors (Lipinski definition) is 2. The van der Waals surface area contributed by atoms with Crippen molar-refractivity contribution in [2.24, 2.45) is 0 Å². The average molecular weight is 442 g/mol. The minimum absolute atomic E-state index is 0. The van der Waals surface area contributed by atoms with E-state index in [0.717, 1.165) is 24.4 Å². The fourth-order valence-corrected chi connectivity index (χ4v) is 3.97. The molecule has 28 heavy (non-hydrogen) atoms. The predicted molar refractivity (Wildman–Crippen MR) is 110 cm³/mol. The monoisotopic (exact) mass is 441 g/mol. The summed E-state index contributed by atoms with van der Waals surface area (Å²) in [6.07, 6.45) is 7.12. The van der Waals surface area contributed by atoms with Gasteiger partial charge in [0.1, 0.15) is 6.20 Å². The van der Waals surface area contributed by atoms with Gasteiger partial charge >= 0.3 is 0 Å². The maximum atomic E-state index is 5.64. The molecule has 1 aromatic heterocycles. The molecule has 4 rings (SSSR count). The molecule has 0 fully saturated rings. The number of benzene rings is 2. The van der Waals surface area contributed by atoms with E-state index in [2.05, 4.69) is 70.7 Å². The van der Waals surface area contributed by atoms with E-state index in [0.29, 0.717) is 0 Å². The predicted octanol–water partition coefficient (Wildman–Crippen LogP) is 1.24. The first kappa shape index (κ1) is 20.5. The van der Waals surface area contributed by atoms with Gasteiger partial charge in [0.05, 0.1) is 13.7 Å². The Morgan fingerprint density at radius 1 is 0.964 bits per heavy atom. The summed E-state index contributed by atoms with van der Waals surface area (Å²) in [5.74, 6) is 2.28. The van der Waals surface area contributed by atoms with E-state index in [4.69, 9.17) is 4.74 Å². The lowest BCUT2D eigenvalue weighted by atomic mass is 10.1. The van der Waals surface area contributed by atoms with E-state index in [1.807, 2.05) is 12.1 Å². The first-order valence-electron chi connectivity index (χ1n) is 9.74. The number of halogens is 1. The summed E-state index contributed by atoms with van der Waals surface area (Å²) in [7, 11) is 5.90. The fourth-order valence-electron chi connectivity index (χ4n) is 3.97. The second-order valence-electron chi connectivity index (χ2n) is 7.38. The van der Waals surface area contributed by atoms with Crippen LogP contribution in [-0.4, -0.2) is 25.8 Å². The molecular formula is C23H28BrN3O. The third kappa shape index (κ3) is 3.81. The highest BCUT2D eigenvalue weighted by Crippen LogP contribution is 2.28. The van der Waals surface area contributed by atoms with Gasteiger partial charge in [-0.15, -0.1) is 0 Å². The molecule has 0 bridgehead atoms. The van der Waals surface area contributed by atoms with Crippen LogP contribution in [0.2, 0.25) is 0 Å². The lowest BCUT2D eigenvalue weighted by Crippen LogP contribution is -3.00. The molecule has 3 aromatic rings. The molecule has 1 aliphatic rings. The Hall–Kier alpha value is -2.27. The van der Waals surface area contributed by atoms with Crippen molar-refractivity contribution in [2.45, 2.75) is 32.2 Å². The molecule has 0 amide bonds. The Labute approximate surface area is 178 Å². The highest BCUT2D eigenvalue weighted by molar-refractivity contribution is 5.63. The molecule has 0 saturated heterocycles. The summed E-state index contributed by atoms with van der Waals surface area (Å²) in [6.45, 7) is 1.07.